The van der Waals surface area contributed by atoms with Gasteiger partial charge in [-0.2, -0.15) is 17.5 Å². The first-order chi connectivity index (χ1) is 15.5. The molecule has 1 aromatic heterocycles. The van der Waals surface area contributed by atoms with Crippen molar-refractivity contribution in [3.8, 4) is 0 Å². The highest BCUT2D eigenvalue weighted by molar-refractivity contribution is 7.91. The second-order valence-corrected chi connectivity index (χ2v) is 10.0. The van der Waals surface area contributed by atoms with Crippen LogP contribution in [0.1, 0.15) is 15.9 Å². The number of sulfonamides is 1. The lowest BCUT2D eigenvalue weighted by Crippen LogP contribution is -2.35. The molecule has 0 saturated heterocycles. The highest BCUT2D eigenvalue weighted by Crippen LogP contribution is 2.31. The number of rotatable bonds is 7. The molecule has 0 atom stereocenters. The quantitative estimate of drug-likeness (QED) is 0.510. The SMILES string of the molecule is CN(CC(=O)Nc1ccccc1C(=O)Nc1cccc(C(F)(F)F)c1)S(=O)(=O)c1cccs1. The minimum Gasteiger partial charge on any atom is -0.324 e. The summed E-state index contributed by atoms with van der Waals surface area (Å²) in [6.45, 7) is -0.510. The van der Waals surface area contributed by atoms with Crippen molar-refractivity contribution < 1.29 is 31.2 Å². The van der Waals surface area contributed by atoms with Crippen LogP contribution < -0.4 is 10.6 Å². The topological polar surface area (TPSA) is 95.6 Å². The molecule has 0 fully saturated rings. The largest absolute Gasteiger partial charge is 0.416 e. The van der Waals surface area contributed by atoms with Gasteiger partial charge in [0.15, 0.2) is 0 Å². The Hall–Kier alpha value is -3.22. The Morgan fingerprint density at radius 2 is 1.73 bits per heavy atom. The number of para-hydroxylation sites is 1. The van der Waals surface area contributed by atoms with E-state index in [4.69, 9.17) is 0 Å². The van der Waals surface area contributed by atoms with E-state index in [2.05, 4.69) is 10.6 Å². The van der Waals surface area contributed by atoms with E-state index in [9.17, 15) is 31.2 Å². The number of benzene rings is 2. The molecule has 3 aromatic rings. The van der Waals surface area contributed by atoms with Crippen molar-refractivity contribution in [2.24, 2.45) is 0 Å². The fourth-order valence-electron chi connectivity index (χ4n) is 2.80. The minimum atomic E-state index is -4.57. The predicted octanol–water partition coefficient (Wildman–Crippen LogP) is 4.28. The van der Waals surface area contributed by atoms with E-state index >= 15 is 0 Å². The monoisotopic (exact) mass is 497 g/mol. The second-order valence-electron chi connectivity index (χ2n) is 6.82. The maximum Gasteiger partial charge on any atom is 0.416 e. The Balaban J connectivity index is 1.73. The minimum absolute atomic E-state index is 0.00738. The Morgan fingerprint density at radius 1 is 1.00 bits per heavy atom. The molecule has 0 saturated carbocycles. The Bertz CT molecular complexity index is 1260. The number of likely N-dealkylation sites (N-methyl/N-ethyl adjacent to an activating group) is 1. The number of alkyl halides is 3. The number of hydrogen-bond donors (Lipinski definition) is 2. The van der Waals surface area contributed by atoms with Gasteiger partial charge in [0, 0.05) is 12.7 Å². The molecule has 7 nitrogen and oxygen atoms in total. The molecule has 0 unspecified atom stereocenters. The summed E-state index contributed by atoms with van der Waals surface area (Å²) >= 11 is 1.01. The number of anilines is 2. The van der Waals surface area contributed by atoms with Gasteiger partial charge in [-0.15, -0.1) is 11.3 Å². The van der Waals surface area contributed by atoms with Crippen molar-refractivity contribution in [2.75, 3.05) is 24.2 Å². The van der Waals surface area contributed by atoms with Gasteiger partial charge in [0.25, 0.3) is 15.9 Å². The van der Waals surface area contributed by atoms with Gasteiger partial charge in [0.2, 0.25) is 5.91 Å². The molecule has 174 valence electrons. The van der Waals surface area contributed by atoms with Crippen LogP contribution >= 0.6 is 11.3 Å². The van der Waals surface area contributed by atoms with Gasteiger partial charge in [-0.25, -0.2) is 8.42 Å². The van der Waals surface area contributed by atoms with E-state index < -0.39 is 40.1 Å². The number of nitrogens with zero attached hydrogens (tertiary/aromatic N) is 1. The van der Waals surface area contributed by atoms with Crippen LogP contribution in [0.25, 0.3) is 0 Å². The van der Waals surface area contributed by atoms with Crippen LogP contribution in [0.3, 0.4) is 0 Å². The third kappa shape index (κ3) is 5.97. The number of nitrogens with one attached hydrogen (secondary N) is 2. The molecule has 33 heavy (non-hydrogen) atoms. The number of thiophene rings is 1. The molecular formula is C21H18F3N3O4S2. The van der Waals surface area contributed by atoms with Crippen LogP contribution in [0.2, 0.25) is 0 Å². The molecule has 0 radical (unpaired) electrons. The van der Waals surface area contributed by atoms with Crippen molar-refractivity contribution in [1.82, 2.24) is 4.31 Å². The first kappa shape index (κ1) is 24.4. The van der Waals surface area contributed by atoms with Crippen LogP contribution in [0.5, 0.6) is 0 Å². The van der Waals surface area contributed by atoms with Crippen LogP contribution in [0.15, 0.2) is 70.3 Å². The number of carbonyl (C=O) groups excluding carboxylic acids is 2. The van der Waals surface area contributed by atoms with Crippen molar-refractivity contribution in [2.45, 2.75) is 10.4 Å². The average Bonchev–Trinajstić information content (AvgIpc) is 3.29. The Morgan fingerprint density at radius 3 is 2.39 bits per heavy atom. The van der Waals surface area contributed by atoms with Crippen molar-refractivity contribution in [1.29, 1.82) is 0 Å². The molecule has 0 aliphatic carbocycles. The maximum absolute atomic E-state index is 12.9. The van der Waals surface area contributed by atoms with E-state index in [0.717, 1.165) is 33.8 Å². The molecule has 2 amide bonds. The zero-order chi connectivity index (χ0) is 24.2. The molecule has 0 aliphatic rings. The molecule has 0 aliphatic heterocycles. The standard InChI is InChI=1S/C21H18F3N3O4S2/c1-27(33(30,31)19-10-5-11-32-19)13-18(28)26-17-9-3-2-8-16(17)20(29)25-15-7-4-6-14(12-15)21(22,23)24/h2-12H,13H2,1H3,(H,25,29)(H,26,28). The predicted molar refractivity (Wildman–Crippen MR) is 119 cm³/mol. The van der Waals surface area contributed by atoms with Gasteiger partial charge >= 0.3 is 6.18 Å². The number of halogens is 3. The summed E-state index contributed by atoms with van der Waals surface area (Å²) in [5, 5.41) is 6.45. The van der Waals surface area contributed by atoms with Crippen molar-refractivity contribution in [3.63, 3.8) is 0 Å². The van der Waals surface area contributed by atoms with E-state index in [1.54, 1.807) is 17.5 Å². The van der Waals surface area contributed by atoms with Gasteiger partial charge in [0.1, 0.15) is 4.21 Å². The zero-order valence-corrected chi connectivity index (χ0v) is 18.7. The van der Waals surface area contributed by atoms with Gasteiger partial charge in [-0.1, -0.05) is 24.3 Å². The van der Waals surface area contributed by atoms with Crippen LogP contribution in [-0.4, -0.2) is 38.1 Å². The normalized spacial score (nSPS) is 11.9. The molecule has 3 rings (SSSR count). The first-order valence-corrected chi connectivity index (χ1v) is 11.7. The van der Waals surface area contributed by atoms with E-state index in [1.165, 1.54) is 37.4 Å². The average molecular weight is 498 g/mol. The lowest BCUT2D eigenvalue weighted by Gasteiger charge is -2.17. The Kier molecular flexibility index (Phi) is 7.20. The summed E-state index contributed by atoms with van der Waals surface area (Å²) in [6.07, 6.45) is -4.57. The van der Waals surface area contributed by atoms with Crippen LogP contribution in [-0.2, 0) is 21.0 Å². The van der Waals surface area contributed by atoms with Gasteiger partial charge in [-0.3, -0.25) is 9.59 Å². The highest BCUT2D eigenvalue weighted by atomic mass is 32.2. The fourth-order valence-corrected chi connectivity index (χ4v) is 5.13. The number of carbonyl (C=O) groups is 2. The highest BCUT2D eigenvalue weighted by Gasteiger charge is 2.30. The smallest absolute Gasteiger partial charge is 0.324 e. The molecule has 2 N–H and O–H groups in total. The lowest BCUT2D eigenvalue weighted by atomic mass is 10.1. The van der Waals surface area contributed by atoms with E-state index in [-0.39, 0.29) is 21.1 Å². The van der Waals surface area contributed by atoms with Crippen molar-refractivity contribution >= 4 is 44.5 Å². The fraction of sp³-hybridized carbons (Fsp3) is 0.143. The van der Waals surface area contributed by atoms with E-state index in [0.29, 0.717) is 0 Å². The number of amides is 2. The number of hydrogen-bond acceptors (Lipinski definition) is 5. The lowest BCUT2D eigenvalue weighted by molar-refractivity contribution is -0.137. The molecule has 2 aromatic carbocycles. The summed E-state index contributed by atoms with van der Waals surface area (Å²) in [6, 6.07) is 13.0. The summed E-state index contributed by atoms with van der Waals surface area (Å²) in [4.78, 5) is 25.1. The molecular weight excluding hydrogens is 479 g/mol. The van der Waals surface area contributed by atoms with Gasteiger partial charge in [-0.05, 0) is 41.8 Å². The third-order valence-electron chi connectivity index (χ3n) is 4.42. The third-order valence-corrected chi connectivity index (χ3v) is 7.60. The molecule has 12 heteroatoms. The first-order valence-electron chi connectivity index (χ1n) is 9.36. The summed E-state index contributed by atoms with van der Waals surface area (Å²) in [5.41, 5.74) is -0.921. The molecule has 0 bridgehead atoms. The Labute approximate surface area is 191 Å². The van der Waals surface area contributed by atoms with Crippen molar-refractivity contribution in [3.05, 3.63) is 77.2 Å². The van der Waals surface area contributed by atoms with Gasteiger partial charge in [0.05, 0.1) is 23.4 Å². The zero-order valence-electron chi connectivity index (χ0n) is 17.1. The summed E-state index contributed by atoms with van der Waals surface area (Å²) < 4.78 is 64.6. The van der Waals surface area contributed by atoms with Gasteiger partial charge < -0.3 is 10.6 Å². The molecule has 1 heterocycles. The van der Waals surface area contributed by atoms with E-state index in [1.807, 2.05) is 0 Å². The van der Waals surface area contributed by atoms with Crippen LogP contribution in [0, 0.1) is 0 Å². The molecule has 0 spiro atoms. The summed E-state index contributed by atoms with van der Waals surface area (Å²) in [5.74, 6) is -1.44. The summed E-state index contributed by atoms with van der Waals surface area (Å²) in [7, 11) is -2.60. The second kappa shape index (κ2) is 9.73. The van der Waals surface area contributed by atoms with Crippen LogP contribution in [0.4, 0.5) is 24.5 Å². The maximum atomic E-state index is 12.9.